The number of aryl methyl sites for hydroxylation is 1. The van der Waals surface area contributed by atoms with E-state index >= 15 is 0 Å². The van der Waals surface area contributed by atoms with Gasteiger partial charge in [-0.25, -0.2) is 0 Å². The maximum atomic E-state index is 8.11. The average Bonchev–Trinajstić information content (AvgIpc) is 3.05. The number of benzene rings is 1. The predicted octanol–water partition coefficient (Wildman–Crippen LogP) is 4.04. The van der Waals surface area contributed by atoms with E-state index in [-0.39, 0.29) is 6.04 Å². The molecule has 1 aliphatic heterocycles. The van der Waals surface area contributed by atoms with Crippen LogP contribution in [-0.2, 0) is 0 Å². The second-order valence-electron chi connectivity index (χ2n) is 6.51. The predicted molar refractivity (Wildman–Crippen MR) is 86.1 cm³/mol. The molecular formula is C18H28N2. The van der Waals surface area contributed by atoms with Gasteiger partial charge in [-0.3, -0.25) is 4.90 Å². The van der Waals surface area contributed by atoms with Crippen molar-refractivity contribution < 1.29 is 4.11 Å². The van der Waals surface area contributed by atoms with Crippen LogP contribution < -0.4 is 4.90 Å². The topological polar surface area (TPSA) is 6.48 Å². The van der Waals surface area contributed by atoms with Gasteiger partial charge in [-0.2, -0.15) is 0 Å². The Kier molecular flexibility index (Phi) is 2.88. The second-order valence-corrected chi connectivity index (χ2v) is 6.51. The van der Waals surface area contributed by atoms with E-state index in [1.807, 2.05) is 19.2 Å². The van der Waals surface area contributed by atoms with E-state index in [1.165, 1.54) is 25.7 Å². The summed E-state index contributed by atoms with van der Waals surface area (Å²) in [6.45, 7) is 2.26. The number of anilines is 1. The molecule has 2 fully saturated rings. The zero-order valence-electron chi connectivity index (χ0n) is 15.8. The van der Waals surface area contributed by atoms with Gasteiger partial charge in [-0.15, -0.1) is 0 Å². The van der Waals surface area contributed by atoms with Gasteiger partial charge in [0.1, 0.15) is 0 Å². The largest absolute Gasteiger partial charge is 0.352 e. The number of hydrogen-bond acceptors (Lipinski definition) is 2. The van der Waals surface area contributed by atoms with Gasteiger partial charge in [0.25, 0.3) is 0 Å². The minimum atomic E-state index is -2.02. The molecule has 2 aliphatic rings. The van der Waals surface area contributed by atoms with Gasteiger partial charge in [0.05, 0.1) is 6.17 Å². The smallest absolute Gasteiger partial charge is 0.0796 e. The summed E-state index contributed by atoms with van der Waals surface area (Å²) in [6, 6.07) is 8.70. The zero-order valence-corrected chi connectivity index (χ0v) is 12.8. The van der Waals surface area contributed by atoms with Crippen LogP contribution in [0.5, 0.6) is 0 Å². The van der Waals surface area contributed by atoms with Crippen molar-refractivity contribution in [2.24, 2.45) is 5.92 Å². The van der Waals surface area contributed by atoms with Crippen LogP contribution in [-0.4, -0.2) is 30.2 Å². The fourth-order valence-corrected chi connectivity index (χ4v) is 4.32. The molecule has 1 saturated heterocycles. The Bertz CT molecular complexity index is 551. The van der Waals surface area contributed by atoms with Crippen molar-refractivity contribution in [1.29, 1.82) is 0 Å². The molecule has 0 radical (unpaired) electrons. The summed E-state index contributed by atoms with van der Waals surface area (Å²) >= 11 is 0. The van der Waals surface area contributed by atoms with Gasteiger partial charge in [-0.1, -0.05) is 31.0 Å². The summed E-state index contributed by atoms with van der Waals surface area (Å²) < 4.78 is 24.3. The monoisotopic (exact) mass is 275 g/mol. The number of hydrogen-bond donors (Lipinski definition) is 0. The highest BCUT2D eigenvalue weighted by atomic mass is 15.4. The Morgan fingerprint density at radius 2 is 1.90 bits per heavy atom. The van der Waals surface area contributed by atoms with Crippen molar-refractivity contribution in [2.75, 3.05) is 11.9 Å². The second kappa shape index (κ2) is 5.40. The maximum Gasteiger partial charge on any atom is 0.0796 e. The van der Waals surface area contributed by atoms with Crippen molar-refractivity contribution in [3.63, 3.8) is 0 Å². The fourth-order valence-electron chi connectivity index (χ4n) is 4.32. The first-order chi connectivity index (χ1) is 10.8. The first kappa shape index (κ1) is 10.7. The Balaban J connectivity index is 2.02. The summed E-state index contributed by atoms with van der Waals surface area (Å²) in [6.07, 6.45) is 4.49. The molecule has 1 aromatic rings. The van der Waals surface area contributed by atoms with Crippen LogP contribution >= 0.6 is 0 Å². The van der Waals surface area contributed by atoms with Crippen LogP contribution in [0.25, 0.3) is 0 Å². The van der Waals surface area contributed by atoms with E-state index in [1.54, 1.807) is 0 Å². The van der Waals surface area contributed by atoms with Crippen LogP contribution in [0.3, 0.4) is 0 Å². The molecular weight excluding hydrogens is 244 g/mol. The van der Waals surface area contributed by atoms with Crippen molar-refractivity contribution in [3.05, 3.63) is 29.8 Å². The summed E-state index contributed by atoms with van der Waals surface area (Å²) in [5.41, 5.74) is 2.21. The van der Waals surface area contributed by atoms with Gasteiger partial charge in [0.15, 0.2) is 0 Å². The first-order valence-corrected chi connectivity index (χ1v) is 7.88. The number of likely N-dealkylation sites (N-methyl/N-ethyl adjacent to an activating group) is 1. The third-order valence-electron chi connectivity index (χ3n) is 5.33. The highest BCUT2D eigenvalue weighted by molar-refractivity contribution is 5.55. The van der Waals surface area contributed by atoms with Crippen LogP contribution in [0.1, 0.15) is 49.1 Å². The standard InChI is InChI=1S/C18H28N2/c1-13-9-5-8-12-17(13)20-14(2)18(19(4)15(20)3)16-10-6-7-11-16/h5,8-9,12,14-16,18H,6-7,10-11H2,1-4H3/t14-,15?,18?/m0/s1/i3D3. The molecule has 0 N–H and O–H groups in total. The Hall–Kier alpha value is -1.02. The van der Waals surface area contributed by atoms with Gasteiger partial charge in [-0.05, 0) is 58.1 Å². The van der Waals surface area contributed by atoms with Crippen molar-refractivity contribution in [2.45, 2.75) is 64.6 Å². The van der Waals surface area contributed by atoms with Crippen LogP contribution in [0.15, 0.2) is 24.3 Å². The van der Waals surface area contributed by atoms with Gasteiger partial charge in [0, 0.05) is 21.9 Å². The normalized spacial score (nSPS) is 35.0. The number of nitrogens with zero attached hydrogens (tertiary/aromatic N) is 2. The Morgan fingerprint density at radius 1 is 1.20 bits per heavy atom. The third kappa shape index (κ3) is 2.14. The lowest BCUT2D eigenvalue weighted by Gasteiger charge is -2.31. The lowest BCUT2D eigenvalue weighted by Crippen LogP contribution is -2.39. The van der Waals surface area contributed by atoms with Gasteiger partial charge in [0.2, 0.25) is 0 Å². The molecule has 0 amide bonds. The molecule has 0 aromatic heterocycles. The van der Waals surface area contributed by atoms with E-state index < -0.39 is 13.0 Å². The third-order valence-corrected chi connectivity index (χ3v) is 5.33. The number of para-hydroxylation sites is 1. The number of rotatable bonds is 2. The first-order valence-electron chi connectivity index (χ1n) is 9.38. The molecule has 2 heteroatoms. The van der Waals surface area contributed by atoms with Crippen LogP contribution in [0, 0.1) is 12.8 Å². The van der Waals surface area contributed by atoms with Gasteiger partial charge >= 0.3 is 0 Å². The average molecular weight is 275 g/mol. The van der Waals surface area contributed by atoms with E-state index in [9.17, 15) is 0 Å². The quantitative estimate of drug-likeness (QED) is 0.803. The van der Waals surface area contributed by atoms with Crippen molar-refractivity contribution in [1.82, 2.24) is 4.90 Å². The molecule has 0 bridgehead atoms. The molecule has 3 rings (SSSR count). The molecule has 1 aromatic carbocycles. The Labute approximate surface area is 128 Å². The summed E-state index contributed by atoms with van der Waals surface area (Å²) in [4.78, 5) is 4.30. The zero-order chi connectivity index (χ0) is 16.8. The lowest BCUT2D eigenvalue weighted by molar-refractivity contribution is 0.186. The van der Waals surface area contributed by atoms with E-state index in [0.29, 0.717) is 12.0 Å². The van der Waals surface area contributed by atoms with E-state index in [2.05, 4.69) is 35.8 Å². The van der Waals surface area contributed by atoms with Crippen molar-refractivity contribution >= 4 is 5.69 Å². The SMILES string of the molecule is [2H]C([2H])([2H])C1N(C)C(C2CCCC2)[C@H](C)N1c1ccccc1C. The molecule has 20 heavy (non-hydrogen) atoms. The Morgan fingerprint density at radius 3 is 2.55 bits per heavy atom. The van der Waals surface area contributed by atoms with E-state index in [0.717, 1.165) is 11.3 Å². The van der Waals surface area contributed by atoms with Crippen LogP contribution in [0.4, 0.5) is 5.69 Å². The summed E-state index contributed by atoms with van der Waals surface area (Å²) in [7, 11) is 2.01. The highest BCUT2D eigenvalue weighted by Gasteiger charge is 2.45. The highest BCUT2D eigenvalue weighted by Crippen LogP contribution is 2.40. The minimum absolute atomic E-state index is 0.217. The summed E-state index contributed by atoms with van der Waals surface area (Å²) in [5.74, 6) is 0.619. The van der Waals surface area contributed by atoms with Gasteiger partial charge < -0.3 is 4.90 Å². The molecule has 0 spiro atoms. The van der Waals surface area contributed by atoms with E-state index in [4.69, 9.17) is 4.11 Å². The molecule has 110 valence electrons. The molecule has 1 heterocycles. The summed E-state index contributed by atoms with van der Waals surface area (Å²) in [5, 5.41) is 0. The van der Waals surface area contributed by atoms with Crippen molar-refractivity contribution in [3.8, 4) is 0 Å². The van der Waals surface area contributed by atoms with Crippen LogP contribution in [0.2, 0.25) is 0 Å². The fraction of sp³-hybridized carbons (Fsp3) is 0.667. The molecule has 2 nitrogen and oxygen atoms in total. The molecule has 1 aliphatic carbocycles. The molecule has 3 atom stereocenters. The lowest BCUT2D eigenvalue weighted by atomic mass is 9.92. The maximum absolute atomic E-state index is 8.11. The molecule has 2 unspecified atom stereocenters. The molecule has 1 saturated carbocycles. The minimum Gasteiger partial charge on any atom is -0.352 e.